The maximum Gasteiger partial charge on any atom is 0.191 e. The van der Waals surface area contributed by atoms with Gasteiger partial charge in [0.1, 0.15) is 11.6 Å². The lowest BCUT2D eigenvalue weighted by Crippen LogP contribution is -2.41. The van der Waals surface area contributed by atoms with E-state index in [0.717, 1.165) is 12.6 Å². The number of rotatable bonds is 5. The second-order valence-electron chi connectivity index (χ2n) is 5.09. The zero-order valence-electron chi connectivity index (χ0n) is 12.5. The molecule has 3 nitrogen and oxygen atoms in total. The molecule has 112 valence electrons. The lowest BCUT2D eigenvalue weighted by molar-refractivity contribution is 0.560. The number of guanidine groups is 1. The van der Waals surface area contributed by atoms with E-state index in [1.165, 1.54) is 12.1 Å². The van der Waals surface area contributed by atoms with Gasteiger partial charge in [0.25, 0.3) is 0 Å². The van der Waals surface area contributed by atoms with Crippen molar-refractivity contribution in [3.05, 3.63) is 35.4 Å². The van der Waals surface area contributed by atoms with Crippen LogP contribution in [0.4, 0.5) is 8.78 Å². The van der Waals surface area contributed by atoms with Crippen LogP contribution in [-0.2, 0) is 0 Å². The van der Waals surface area contributed by atoms with Crippen molar-refractivity contribution in [1.29, 1.82) is 0 Å². The van der Waals surface area contributed by atoms with Gasteiger partial charge in [-0.1, -0.05) is 13.0 Å². The van der Waals surface area contributed by atoms with E-state index in [4.69, 9.17) is 0 Å². The van der Waals surface area contributed by atoms with Gasteiger partial charge in [0.2, 0.25) is 0 Å². The fraction of sp³-hybridized carbons (Fsp3) is 0.533. The van der Waals surface area contributed by atoms with Crippen LogP contribution in [0.3, 0.4) is 0 Å². The van der Waals surface area contributed by atoms with Crippen molar-refractivity contribution in [2.24, 2.45) is 4.99 Å². The normalized spacial score (nSPS) is 13.4. The maximum atomic E-state index is 13.7. The van der Waals surface area contributed by atoms with Gasteiger partial charge in [-0.2, -0.15) is 0 Å². The molecule has 0 saturated heterocycles. The number of nitrogens with zero attached hydrogens (tertiary/aromatic N) is 1. The summed E-state index contributed by atoms with van der Waals surface area (Å²) in [5.41, 5.74) is 0.482. The summed E-state index contributed by atoms with van der Waals surface area (Å²) in [5, 5.41) is 6.33. The number of aliphatic imine (C=N–C) groups is 1. The molecule has 0 aliphatic carbocycles. The molecule has 0 aliphatic rings. The Labute approximate surface area is 119 Å². The summed E-state index contributed by atoms with van der Waals surface area (Å²) < 4.78 is 26.5. The number of hydrogen-bond donors (Lipinski definition) is 2. The third-order valence-corrected chi connectivity index (χ3v) is 2.79. The molecule has 0 spiro atoms. The van der Waals surface area contributed by atoms with Gasteiger partial charge in [-0.25, -0.2) is 8.78 Å². The second kappa shape index (κ2) is 7.82. The monoisotopic (exact) mass is 283 g/mol. The zero-order chi connectivity index (χ0) is 15.1. The van der Waals surface area contributed by atoms with Crippen LogP contribution < -0.4 is 10.6 Å². The molecule has 0 aliphatic heterocycles. The van der Waals surface area contributed by atoms with Crippen LogP contribution in [0.15, 0.2) is 23.2 Å². The summed E-state index contributed by atoms with van der Waals surface area (Å²) in [6.07, 6.45) is 0. The van der Waals surface area contributed by atoms with Gasteiger partial charge in [-0.15, -0.1) is 0 Å². The standard InChI is InChI=1S/C15H23F2N3/c1-5-18-15(20-10(2)3)19-9-11(4)13-7-6-12(16)8-14(13)17/h6-8,10-11H,5,9H2,1-4H3,(H2,18,19,20). The predicted molar refractivity (Wildman–Crippen MR) is 79.0 cm³/mol. The van der Waals surface area contributed by atoms with Crippen molar-refractivity contribution in [3.63, 3.8) is 0 Å². The second-order valence-corrected chi connectivity index (χ2v) is 5.09. The minimum Gasteiger partial charge on any atom is -0.357 e. The van der Waals surface area contributed by atoms with Crippen LogP contribution >= 0.6 is 0 Å². The first-order valence-corrected chi connectivity index (χ1v) is 6.93. The molecule has 0 amide bonds. The van der Waals surface area contributed by atoms with E-state index in [0.29, 0.717) is 18.1 Å². The zero-order valence-corrected chi connectivity index (χ0v) is 12.5. The van der Waals surface area contributed by atoms with Crippen LogP contribution in [0, 0.1) is 11.6 Å². The van der Waals surface area contributed by atoms with Gasteiger partial charge in [0.05, 0.1) is 0 Å². The van der Waals surface area contributed by atoms with Crippen LogP contribution in [0.25, 0.3) is 0 Å². The van der Waals surface area contributed by atoms with Gasteiger partial charge in [-0.05, 0) is 32.4 Å². The van der Waals surface area contributed by atoms with Crippen molar-refractivity contribution in [1.82, 2.24) is 10.6 Å². The smallest absolute Gasteiger partial charge is 0.191 e. The Bertz CT molecular complexity index is 458. The largest absolute Gasteiger partial charge is 0.357 e. The first-order valence-electron chi connectivity index (χ1n) is 6.93. The highest BCUT2D eigenvalue weighted by Crippen LogP contribution is 2.20. The molecular weight excluding hydrogens is 260 g/mol. The summed E-state index contributed by atoms with van der Waals surface area (Å²) in [6, 6.07) is 3.93. The lowest BCUT2D eigenvalue weighted by Gasteiger charge is -2.16. The molecule has 1 aromatic carbocycles. The molecule has 1 unspecified atom stereocenters. The molecule has 1 atom stereocenters. The van der Waals surface area contributed by atoms with E-state index in [1.807, 2.05) is 27.7 Å². The topological polar surface area (TPSA) is 36.4 Å². The van der Waals surface area contributed by atoms with Crippen LogP contribution in [0.5, 0.6) is 0 Å². The molecule has 2 N–H and O–H groups in total. The molecule has 0 fully saturated rings. The van der Waals surface area contributed by atoms with Gasteiger partial charge in [-0.3, -0.25) is 4.99 Å². The Hall–Kier alpha value is -1.65. The summed E-state index contributed by atoms with van der Waals surface area (Å²) in [5.74, 6) is -0.485. The number of nitrogens with one attached hydrogen (secondary N) is 2. The van der Waals surface area contributed by atoms with Crippen LogP contribution in [-0.4, -0.2) is 25.1 Å². The Morgan fingerprint density at radius 1 is 1.25 bits per heavy atom. The van der Waals surface area contributed by atoms with Crippen molar-refractivity contribution in [3.8, 4) is 0 Å². The lowest BCUT2D eigenvalue weighted by atomic mass is 10.0. The quantitative estimate of drug-likeness (QED) is 0.644. The molecule has 0 saturated carbocycles. The number of halogens is 2. The van der Waals surface area contributed by atoms with E-state index in [1.54, 1.807) is 0 Å². The van der Waals surface area contributed by atoms with Gasteiger partial charge in [0, 0.05) is 31.1 Å². The Morgan fingerprint density at radius 3 is 2.50 bits per heavy atom. The number of benzene rings is 1. The molecule has 0 bridgehead atoms. The SMILES string of the molecule is CCNC(=NCC(C)c1ccc(F)cc1F)NC(C)C. The van der Waals surface area contributed by atoms with Crippen LogP contribution in [0.1, 0.15) is 39.2 Å². The van der Waals surface area contributed by atoms with E-state index in [2.05, 4.69) is 15.6 Å². The Balaban J connectivity index is 2.74. The van der Waals surface area contributed by atoms with Crippen molar-refractivity contribution >= 4 is 5.96 Å². The minimum atomic E-state index is -0.559. The van der Waals surface area contributed by atoms with Gasteiger partial charge >= 0.3 is 0 Å². The molecular formula is C15H23F2N3. The van der Waals surface area contributed by atoms with Crippen molar-refractivity contribution < 1.29 is 8.78 Å². The fourth-order valence-corrected chi connectivity index (χ4v) is 1.82. The molecule has 0 aromatic heterocycles. The molecule has 1 aromatic rings. The third kappa shape index (κ3) is 5.15. The number of hydrogen-bond acceptors (Lipinski definition) is 1. The van der Waals surface area contributed by atoms with Crippen molar-refractivity contribution in [2.45, 2.75) is 39.7 Å². The highest BCUT2D eigenvalue weighted by molar-refractivity contribution is 5.80. The van der Waals surface area contributed by atoms with Gasteiger partial charge < -0.3 is 10.6 Å². The Morgan fingerprint density at radius 2 is 1.95 bits per heavy atom. The van der Waals surface area contributed by atoms with E-state index in [-0.39, 0.29) is 12.0 Å². The summed E-state index contributed by atoms with van der Waals surface area (Å²) in [7, 11) is 0. The highest BCUT2D eigenvalue weighted by atomic mass is 19.1. The van der Waals surface area contributed by atoms with Crippen molar-refractivity contribution in [2.75, 3.05) is 13.1 Å². The first-order chi connectivity index (χ1) is 9.43. The molecule has 20 heavy (non-hydrogen) atoms. The summed E-state index contributed by atoms with van der Waals surface area (Å²) in [4.78, 5) is 4.43. The summed E-state index contributed by atoms with van der Waals surface area (Å²) in [6.45, 7) is 9.10. The minimum absolute atomic E-state index is 0.113. The van der Waals surface area contributed by atoms with Gasteiger partial charge in [0.15, 0.2) is 5.96 Å². The van der Waals surface area contributed by atoms with E-state index < -0.39 is 11.6 Å². The molecule has 5 heteroatoms. The fourth-order valence-electron chi connectivity index (χ4n) is 1.82. The summed E-state index contributed by atoms with van der Waals surface area (Å²) >= 11 is 0. The van der Waals surface area contributed by atoms with E-state index in [9.17, 15) is 8.78 Å². The van der Waals surface area contributed by atoms with E-state index >= 15 is 0 Å². The predicted octanol–water partition coefficient (Wildman–Crippen LogP) is 3.03. The highest BCUT2D eigenvalue weighted by Gasteiger charge is 2.12. The molecule has 0 radical (unpaired) electrons. The molecule has 0 heterocycles. The maximum absolute atomic E-state index is 13.7. The average Bonchev–Trinajstić information content (AvgIpc) is 2.35. The average molecular weight is 283 g/mol. The van der Waals surface area contributed by atoms with Crippen LogP contribution in [0.2, 0.25) is 0 Å². The molecule has 1 rings (SSSR count). The third-order valence-electron chi connectivity index (χ3n) is 2.79. The Kier molecular flexibility index (Phi) is 6.42. The first kappa shape index (κ1) is 16.4.